The van der Waals surface area contributed by atoms with Crippen molar-refractivity contribution in [3.05, 3.63) is 72.2 Å². The van der Waals surface area contributed by atoms with E-state index < -0.39 is 5.92 Å². The van der Waals surface area contributed by atoms with Crippen LogP contribution in [0.2, 0.25) is 0 Å². The maximum Gasteiger partial charge on any atom is 0.144 e. The van der Waals surface area contributed by atoms with Gasteiger partial charge in [-0.25, -0.2) is 4.39 Å². The Balaban J connectivity index is 1.62. The maximum absolute atomic E-state index is 13.5. The number of rotatable bonds is 5. The highest BCUT2D eigenvalue weighted by atomic mass is 19.1. The number of hydrazone groups is 1. The Hall–Kier alpha value is -3.41. The van der Waals surface area contributed by atoms with Gasteiger partial charge in [-0.2, -0.15) is 5.10 Å². The molecule has 2 heterocycles. The van der Waals surface area contributed by atoms with Crippen LogP contribution in [0.3, 0.4) is 0 Å². The number of hydrogen-bond acceptors (Lipinski definition) is 5. The molecule has 0 saturated heterocycles. The third-order valence-corrected chi connectivity index (χ3v) is 5.80. The average Bonchev–Trinajstić information content (AvgIpc) is 3.58. The lowest BCUT2D eigenvalue weighted by atomic mass is 9.87. The summed E-state index contributed by atoms with van der Waals surface area (Å²) in [6.07, 6.45) is 4.17. The number of halogens is 1. The van der Waals surface area contributed by atoms with Gasteiger partial charge in [0.15, 0.2) is 0 Å². The van der Waals surface area contributed by atoms with Gasteiger partial charge in [-0.3, -0.25) is 19.8 Å². The minimum absolute atomic E-state index is 0.0220. The molecule has 1 saturated carbocycles. The van der Waals surface area contributed by atoms with Gasteiger partial charge in [0.2, 0.25) is 0 Å². The first-order valence-corrected chi connectivity index (χ1v) is 10.6. The fourth-order valence-corrected chi connectivity index (χ4v) is 4.10. The van der Waals surface area contributed by atoms with E-state index in [2.05, 4.69) is 4.98 Å². The van der Waals surface area contributed by atoms with Gasteiger partial charge in [-0.05, 0) is 67.6 Å². The summed E-state index contributed by atoms with van der Waals surface area (Å²) in [4.78, 5) is 22.2. The van der Waals surface area contributed by atoms with Crippen LogP contribution < -0.4 is 0 Å². The van der Waals surface area contributed by atoms with Gasteiger partial charge in [0.05, 0.1) is 29.2 Å². The van der Waals surface area contributed by atoms with E-state index in [1.165, 1.54) is 25.0 Å². The summed E-state index contributed by atoms with van der Waals surface area (Å²) >= 11 is 0. The number of fused-ring (bicyclic) bond motifs is 1. The van der Waals surface area contributed by atoms with E-state index in [0.29, 0.717) is 18.2 Å². The molecule has 0 spiro atoms. The smallest absolute Gasteiger partial charge is 0.144 e. The van der Waals surface area contributed by atoms with Crippen molar-refractivity contribution in [3.8, 4) is 0 Å². The average molecular weight is 414 g/mol. The molecule has 1 aliphatic heterocycles. The number of aromatic nitrogens is 1. The predicted molar refractivity (Wildman–Crippen MR) is 120 cm³/mol. The van der Waals surface area contributed by atoms with Crippen molar-refractivity contribution in [1.29, 1.82) is 0 Å². The van der Waals surface area contributed by atoms with Crippen LogP contribution in [0.15, 0.2) is 70.9 Å². The lowest BCUT2D eigenvalue weighted by Gasteiger charge is -2.31. The van der Waals surface area contributed by atoms with Crippen molar-refractivity contribution < 1.29 is 9.18 Å². The zero-order valence-corrected chi connectivity index (χ0v) is 17.3. The van der Waals surface area contributed by atoms with Crippen LogP contribution in [0, 0.1) is 17.7 Å². The molecule has 3 aromatic rings. The van der Waals surface area contributed by atoms with Crippen LogP contribution in [0.1, 0.15) is 25.3 Å². The molecule has 1 fully saturated rings. The molecule has 5 rings (SSSR count). The second-order valence-corrected chi connectivity index (χ2v) is 8.28. The molecule has 2 aromatic carbocycles. The molecule has 31 heavy (non-hydrogen) atoms. The van der Waals surface area contributed by atoms with E-state index in [9.17, 15) is 9.18 Å². The van der Waals surface area contributed by atoms with Gasteiger partial charge in [-0.15, -0.1) is 0 Å². The summed E-state index contributed by atoms with van der Waals surface area (Å²) in [6, 6.07) is 15.9. The van der Waals surface area contributed by atoms with Crippen molar-refractivity contribution in [3.63, 3.8) is 0 Å². The predicted octanol–water partition coefficient (Wildman–Crippen LogP) is 4.78. The van der Waals surface area contributed by atoms with Crippen LogP contribution in [0.5, 0.6) is 0 Å². The van der Waals surface area contributed by atoms with E-state index in [4.69, 9.17) is 10.1 Å². The van der Waals surface area contributed by atoms with E-state index in [0.717, 1.165) is 34.4 Å². The molecule has 2 aliphatic rings. The Labute approximate surface area is 180 Å². The van der Waals surface area contributed by atoms with Gasteiger partial charge in [0, 0.05) is 18.1 Å². The van der Waals surface area contributed by atoms with E-state index in [1.54, 1.807) is 25.3 Å². The van der Waals surface area contributed by atoms with Gasteiger partial charge in [-0.1, -0.05) is 18.2 Å². The van der Waals surface area contributed by atoms with Crippen molar-refractivity contribution in [1.82, 2.24) is 9.99 Å². The monoisotopic (exact) mass is 414 g/mol. The van der Waals surface area contributed by atoms with E-state index in [-0.39, 0.29) is 11.6 Å². The molecule has 0 bridgehead atoms. The highest BCUT2D eigenvalue weighted by Gasteiger charge is 2.35. The van der Waals surface area contributed by atoms with Crippen LogP contribution in [-0.2, 0) is 4.79 Å². The highest BCUT2D eigenvalue weighted by Crippen LogP contribution is 2.32. The number of nitrogens with zero attached hydrogens (tertiary/aromatic N) is 4. The topological polar surface area (TPSA) is 57.9 Å². The number of benzene rings is 2. The number of carbonyl (C=O) groups excluding carboxylic acids is 1. The number of ketones is 1. The van der Waals surface area contributed by atoms with Crippen LogP contribution in [-0.4, -0.2) is 40.3 Å². The summed E-state index contributed by atoms with van der Waals surface area (Å²) in [5, 5.41) is 7.79. The normalized spacial score (nSPS) is 20.2. The zero-order chi connectivity index (χ0) is 21.4. The maximum atomic E-state index is 13.5. The Morgan fingerprint density at radius 1 is 1.13 bits per heavy atom. The first-order chi connectivity index (χ1) is 15.1. The number of hydrogen-bond donors (Lipinski definition) is 0. The summed E-state index contributed by atoms with van der Waals surface area (Å²) in [5.41, 5.74) is 3.80. The Bertz CT molecular complexity index is 1190. The first kappa shape index (κ1) is 19.5. The number of aliphatic imine (C=N–C) groups is 1. The minimum atomic E-state index is -0.562. The van der Waals surface area contributed by atoms with E-state index in [1.807, 2.05) is 35.3 Å². The van der Waals surface area contributed by atoms with Crippen LogP contribution in [0.4, 0.5) is 10.1 Å². The molecular formula is C25H23FN4O. The van der Waals surface area contributed by atoms with E-state index >= 15 is 0 Å². The number of pyridine rings is 1. The second kappa shape index (κ2) is 8.02. The third kappa shape index (κ3) is 4.10. The molecular weight excluding hydrogens is 391 g/mol. The minimum Gasteiger partial charge on any atom is -0.299 e. The molecule has 1 aromatic heterocycles. The quantitative estimate of drug-likeness (QED) is 0.604. The Morgan fingerprint density at radius 3 is 2.68 bits per heavy atom. The molecule has 6 heteroatoms. The largest absolute Gasteiger partial charge is 0.299 e. The Morgan fingerprint density at radius 2 is 1.94 bits per heavy atom. The van der Waals surface area contributed by atoms with Crippen LogP contribution >= 0.6 is 0 Å². The summed E-state index contributed by atoms with van der Waals surface area (Å²) in [7, 11) is 0. The molecule has 1 atom stereocenters. The number of carbonyl (C=O) groups is 1. The van der Waals surface area contributed by atoms with Crippen molar-refractivity contribution >= 4 is 33.8 Å². The Kier molecular flexibility index (Phi) is 5.06. The molecule has 156 valence electrons. The molecule has 5 nitrogen and oxygen atoms in total. The molecule has 1 aliphatic carbocycles. The fraction of sp³-hybridized carbons (Fsp3) is 0.280. The molecule has 0 N–H and O–H groups in total. The summed E-state index contributed by atoms with van der Waals surface area (Å²) in [6.45, 7) is 2.91. The van der Waals surface area contributed by atoms with Crippen molar-refractivity contribution in [2.45, 2.75) is 19.8 Å². The third-order valence-electron chi connectivity index (χ3n) is 5.80. The molecule has 0 radical (unpaired) electrons. The van der Waals surface area contributed by atoms with Crippen molar-refractivity contribution in [2.75, 3.05) is 13.1 Å². The van der Waals surface area contributed by atoms with Gasteiger partial charge >= 0.3 is 0 Å². The fourth-order valence-electron chi connectivity index (χ4n) is 4.10. The van der Waals surface area contributed by atoms with Gasteiger partial charge in [0.1, 0.15) is 17.5 Å². The van der Waals surface area contributed by atoms with Gasteiger partial charge < -0.3 is 0 Å². The lowest BCUT2D eigenvalue weighted by molar-refractivity contribution is -0.117. The van der Waals surface area contributed by atoms with Crippen LogP contribution in [0.25, 0.3) is 10.9 Å². The van der Waals surface area contributed by atoms with Crippen molar-refractivity contribution in [2.24, 2.45) is 21.9 Å². The molecule has 0 amide bonds. The highest BCUT2D eigenvalue weighted by molar-refractivity contribution is 6.28. The first-order valence-electron chi connectivity index (χ1n) is 10.6. The zero-order valence-electron chi connectivity index (χ0n) is 17.3. The standard InChI is InChI=1S/C25H23FN4O/c1-16(31)24-23(28-22-6-2-5-21-20(22)4-3-13-27-21)15-30(14-17-7-8-17)29-25(24)18-9-11-19(26)12-10-18/h2-6,9-13,17,24H,7-8,14-15H2,1H3. The lowest BCUT2D eigenvalue weighted by Crippen LogP contribution is -2.44. The summed E-state index contributed by atoms with van der Waals surface area (Å²) < 4.78 is 13.5. The molecule has 1 unspecified atom stereocenters. The summed E-state index contributed by atoms with van der Waals surface area (Å²) in [5.74, 6) is -0.263. The van der Waals surface area contributed by atoms with Gasteiger partial charge in [0.25, 0.3) is 0 Å². The second-order valence-electron chi connectivity index (χ2n) is 8.28. The number of Topliss-reactive ketones (excluding diaryl/α,β-unsaturated/α-hetero) is 1. The SMILES string of the molecule is CC(=O)C1C(=Nc2cccc3ncccc23)CN(CC2CC2)N=C1c1ccc(F)cc1.